The van der Waals surface area contributed by atoms with Gasteiger partial charge < -0.3 is 20.1 Å². The highest BCUT2D eigenvalue weighted by Crippen LogP contribution is 2.69. The van der Waals surface area contributed by atoms with E-state index in [9.17, 15) is 24.9 Å². The van der Waals surface area contributed by atoms with Crippen molar-refractivity contribution in [2.75, 3.05) is 7.11 Å². The smallest absolute Gasteiger partial charge is 0.312 e. The molecule has 2 unspecified atom stereocenters. The number of ether oxygens (including phenoxy) is 1. The van der Waals surface area contributed by atoms with Crippen molar-refractivity contribution < 1.29 is 29.6 Å². The predicted molar refractivity (Wildman–Crippen MR) is 145 cm³/mol. The van der Waals surface area contributed by atoms with Gasteiger partial charge in [0.2, 0.25) is 0 Å². The van der Waals surface area contributed by atoms with E-state index in [4.69, 9.17) is 4.74 Å². The lowest BCUT2D eigenvalue weighted by molar-refractivity contribution is -0.194. The first kappa shape index (κ1) is 29.5. The fourth-order valence-corrected chi connectivity index (χ4v) is 7.88. The van der Waals surface area contributed by atoms with Crippen molar-refractivity contribution in [3.05, 3.63) is 47.1 Å². The highest BCUT2D eigenvalue weighted by Gasteiger charge is 2.67. The number of Topliss-reactive ketones (excluding diaryl/α,β-unsaturated/α-hetero) is 1. The summed E-state index contributed by atoms with van der Waals surface area (Å²) in [5.74, 6) is -0.883. The summed E-state index contributed by atoms with van der Waals surface area (Å²) in [6, 6.07) is 0. The van der Waals surface area contributed by atoms with E-state index in [1.807, 2.05) is 44.2 Å². The van der Waals surface area contributed by atoms with Gasteiger partial charge in [-0.25, -0.2) is 0 Å². The lowest BCUT2D eigenvalue weighted by Crippen LogP contribution is -2.61. The van der Waals surface area contributed by atoms with Crippen molar-refractivity contribution in [1.29, 1.82) is 0 Å². The summed E-state index contributed by atoms with van der Waals surface area (Å²) in [7, 11) is 1.57. The van der Waals surface area contributed by atoms with Gasteiger partial charge in [-0.05, 0) is 83.1 Å². The van der Waals surface area contributed by atoms with Gasteiger partial charge in [0.1, 0.15) is 6.10 Å². The van der Waals surface area contributed by atoms with Crippen LogP contribution < -0.4 is 0 Å². The predicted octanol–water partition coefficient (Wildman–Crippen LogP) is 5.40. The number of allylic oxidation sites excluding steroid dienone is 7. The zero-order valence-electron chi connectivity index (χ0n) is 23.8. The molecule has 0 bridgehead atoms. The third-order valence-electron chi connectivity index (χ3n) is 9.97. The minimum absolute atomic E-state index is 0.0591. The molecule has 0 aromatic carbocycles. The van der Waals surface area contributed by atoms with Gasteiger partial charge >= 0.3 is 5.97 Å². The molecule has 0 amide bonds. The van der Waals surface area contributed by atoms with Crippen LogP contribution in [0.3, 0.4) is 0 Å². The number of hydrogen-bond acceptors (Lipinski definition) is 5. The molecule has 0 heterocycles. The Morgan fingerprint density at radius 3 is 2.32 bits per heavy atom. The van der Waals surface area contributed by atoms with Crippen LogP contribution in [0, 0.1) is 28.1 Å². The number of aliphatic carboxylic acids is 1. The van der Waals surface area contributed by atoms with Gasteiger partial charge in [0, 0.05) is 24.5 Å². The Balaban J connectivity index is 1.88. The lowest BCUT2D eigenvalue weighted by Gasteiger charge is -2.61. The van der Waals surface area contributed by atoms with Gasteiger partial charge in [-0.3, -0.25) is 9.59 Å². The number of ketones is 1. The normalized spacial score (nSPS) is 39.1. The van der Waals surface area contributed by atoms with Gasteiger partial charge in [0.05, 0.1) is 17.1 Å². The Labute approximate surface area is 222 Å². The SMILES string of the molecule is COC(/C=C/C(C)=C/C=C/C(C)=C1\C(=O)C[C@H]2[C@@]3(C)CC[C@@H](O)[C@](C)(C(=O)O)C3CC[C@]12C)C(C)(C)O. The van der Waals surface area contributed by atoms with Crippen molar-refractivity contribution in [2.24, 2.45) is 28.1 Å². The van der Waals surface area contributed by atoms with Crippen molar-refractivity contribution in [1.82, 2.24) is 0 Å². The zero-order chi connectivity index (χ0) is 28.0. The number of carboxylic acid groups (broad SMARTS) is 1. The summed E-state index contributed by atoms with van der Waals surface area (Å²) in [6.07, 6.45) is 11.4. The number of aliphatic hydroxyl groups excluding tert-OH is 1. The molecule has 6 nitrogen and oxygen atoms in total. The molecule has 7 atom stereocenters. The molecule has 3 rings (SSSR count). The second kappa shape index (κ2) is 10.3. The van der Waals surface area contributed by atoms with Crippen molar-refractivity contribution in [3.63, 3.8) is 0 Å². The number of fused-ring (bicyclic) bond motifs is 3. The second-order valence-electron chi connectivity index (χ2n) is 12.8. The van der Waals surface area contributed by atoms with E-state index >= 15 is 0 Å². The standard InChI is InChI=1S/C31H46O6/c1-19(12-13-25(37-8)28(3,4)36)10-9-11-20(2)26-21(32)18-23-29(5)17-15-24(33)31(7,27(34)35)22(29)14-16-30(23,26)6/h9-13,22-25,33,36H,14-18H2,1-8H3,(H,34,35)/b11-9+,13-12+,19-10+,26-20+/t22?,23-,24+,25?,29-,30-,31+/m0/s1. The maximum atomic E-state index is 13.4. The molecule has 6 heteroatoms. The number of rotatable bonds is 7. The number of carbonyl (C=O) groups excluding carboxylic acids is 1. The van der Waals surface area contributed by atoms with Gasteiger partial charge in [-0.2, -0.15) is 0 Å². The molecule has 3 aliphatic carbocycles. The second-order valence-corrected chi connectivity index (χ2v) is 12.8. The van der Waals surface area contributed by atoms with Gasteiger partial charge in [-0.1, -0.05) is 49.8 Å². The first-order chi connectivity index (χ1) is 17.0. The molecule has 37 heavy (non-hydrogen) atoms. The molecule has 3 fully saturated rings. The Kier molecular flexibility index (Phi) is 8.20. The average molecular weight is 515 g/mol. The number of aliphatic hydroxyl groups is 2. The molecule has 0 aliphatic heterocycles. The minimum Gasteiger partial charge on any atom is -0.481 e. The molecule has 0 radical (unpaired) electrons. The largest absolute Gasteiger partial charge is 0.481 e. The maximum absolute atomic E-state index is 13.4. The number of hydrogen-bond donors (Lipinski definition) is 3. The van der Waals surface area contributed by atoms with Crippen LogP contribution in [0.4, 0.5) is 0 Å². The summed E-state index contributed by atoms with van der Waals surface area (Å²) in [5, 5.41) is 31.0. The molecule has 0 aromatic heterocycles. The fraction of sp³-hybridized carbons (Fsp3) is 0.677. The van der Waals surface area contributed by atoms with Crippen molar-refractivity contribution >= 4 is 11.8 Å². The molecule has 3 aliphatic rings. The molecule has 0 aromatic rings. The monoisotopic (exact) mass is 514 g/mol. The summed E-state index contributed by atoms with van der Waals surface area (Å²) in [5.41, 5.74) is 0.0137. The van der Waals surface area contributed by atoms with Crippen LogP contribution in [-0.2, 0) is 14.3 Å². The first-order valence-corrected chi connectivity index (χ1v) is 13.5. The molecular weight excluding hydrogens is 468 g/mol. The van der Waals surface area contributed by atoms with Gasteiger partial charge in [0.15, 0.2) is 5.78 Å². The van der Waals surface area contributed by atoms with Gasteiger partial charge in [0.25, 0.3) is 0 Å². The minimum atomic E-state index is -1.19. The highest BCUT2D eigenvalue weighted by atomic mass is 16.5. The Hall–Kier alpha value is -2.02. The Morgan fingerprint density at radius 1 is 1.11 bits per heavy atom. The first-order valence-electron chi connectivity index (χ1n) is 13.5. The van der Waals surface area contributed by atoms with E-state index in [1.54, 1.807) is 27.9 Å². The van der Waals surface area contributed by atoms with Crippen LogP contribution in [0.1, 0.15) is 80.6 Å². The quantitative estimate of drug-likeness (QED) is 0.310. The molecule has 206 valence electrons. The summed E-state index contributed by atoms with van der Waals surface area (Å²) >= 11 is 0. The van der Waals surface area contributed by atoms with E-state index in [-0.39, 0.29) is 28.4 Å². The van der Waals surface area contributed by atoms with Crippen LogP contribution in [0.2, 0.25) is 0 Å². The van der Waals surface area contributed by atoms with Crippen LogP contribution in [0.15, 0.2) is 47.1 Å². The maximum Gasteiger partial charge on any atom is 0.312 e. The van der Waals surface area contributed by atoms with E-state index in [0.717, 1.165) is 29.6 Å². The third-order valence-corrected chi connectivity index (χ3v) is 9.97. The highest BCUT2D eigenvalue weighted by molar-refractivity contribution is 6.01. The lowest BCUT2D eigenvalue weighted by atomic mass is 9.43. The van der Waals surface area contributed by atoms with E-state index in [1.165, 1.54) is 0 Å². The van der Waals surface area contributed by atoms with Crippen LogP contribution in [-0.4, -0.2) is 52.0 Å². The van der Waals surface area contributed by atoms with Crippen LogP contribution >= 0.6 is 0 Å². The summed E-state index contributed by atoms with van der Waals surface area (Å²) in [6.45, 7) is 13.4. The van der Waals surface area contributed by atoms with E-state index in [2.05, 4.69) is 13.8 Å². The van der Waals surface area contributed by atoms with Crippen molar-refractivity contribution in [3.8, 4) is 0 Å². The number of carboxylic acids is 1. The number of methoxy groups -OCH3 is 1. The van der Waals surface area contributed by atoms with Crippen LogP contribution in [0.25, 0.3) is 0 Å². The molecular formula is C31H46O6. The molecule has 3 saturated carbocycles. The number of carbonyl (C=O) groups is 2. The topological polar surface area (TPSA) is 104 Å². The average Bonchev–Trinajstić information content (AvgIpc) is 3.07. The summed E-state index contributed by atoms with van der Waals surface area (Å²) < 4.78 is 5.35. The molecule has 0 spiro atoms. The molecule has 0 saturated heterocycles. The molecule has 3 N–H and O–H groups in total. The van der Waals surface area contributed by atoms with E-state index in [0.29, 0.717) is 19.3 Å². The Morgan fingerprint density at radius 2 is 1.76 bits per heavy atom. The summed E-state index contributed by atoms with van der Waals surface area (Å²) in [4.78, 5) is 25.8. The third kappa shape index (κ3) is 5.05. The van der Waals surface area contributed by atoms with Crippen LogP contribution in [0.5, 0.6) is 0 Å². The Bertz CT molecular complexity index is 1040. The van der Waals surface area contributed by atoms with Crippen molar-refractivity contribution in [2.45, 2.75) is 98.4 Å². The zero-order valence-corrected chi connectivity index (χ0v) is 23.8. The van der Waals surface area contributed by atoms with Gasteiger partial charge in [-0.15, -0.1) is 0 Å². The fourth-order valence-electron chi connectivity index (χ4n) is 7.88. The van der Waals surface area contributed by atoms with E-state index < -0.39 is 29.2 Å².